The molecule has 10 rings (SSSR count). The number of carbonyl (C=O) groups is 3. The van der Waals surface area contributed by atoms with Gasteiger partial charge in [-0.1, -0.05) is 97.1 Å². The van der Waals surface area contributed by atoms with E-state index in [0.29, 0.717) is 22.3 Å². The average molecular weight is 959 g/mol. The molecule has 0 saturated carbocycles. The van der Waals surface area contributed by atoms with Gasteiger partial charge in [0.05, 0.1) is 14.2 Å². The second-order valence-electron chi connectivity index (χ2n) is 16.1. The van der Waals surface area contributed by atoms with Crippen molar-refractivity contribution in [1.82, 2.24) is 0 Å². The molecule has 0 aliphatic carbocycles. The Labute approximate surface area is 422 Å². The Morgan fingerprint density at radius 2 is 0.918 bits per heavy atom. The van der Waals surface area contributed by atoms with Crippen LogP contribution < -0.4 is 9.80 Å². The van der Waals surface area contributed by atoms with Crippen LogP contribution in [0.15, 0.2) is 233 Å². The van der Waals surface area contributed by atoms with E-state index in [9.17, 15) is 19.6 Å². The van der Waals surface area contributed by atoms with Gasteiger partial charge in [0.25, 0.3) is 0 Å². The van der Waals surface area contributed by atoms with Crippen LogP contribution in [0.2, 0.25) is 0 Å². The lowest BCUT2D eigenvalue weighted by Crippen LogP contribution is -2.09. The molecule has 0 aliphatic rings. The van der Waals surface area contributed by atoms with Gasteiger partial charge in [0.2, 0.25) is 0 Å². The number of fused-ring (bicyclic) bond motifs is 2. The standard InChI is InChI=1S/C31H22N2O3.C27H19NO2.C4H5NO2/c1-35-31(34)25(21-32)18-22-12-13-24-20-30(36-29(24)19-22)23-14-16-28(17-15-23)33(26-8-4-2-5-9-26)27-10-6-3-7-11-27;29-19-20-11-12-22-18-27(30-26(22)17-20)21-13-15-25(16-14-21)28(23-7-3-1-4-8-23)24-9-5-2-6-10-24;1-5-3-4(6)7-2/h2-20H,1H3;1-19H;3H2,2H3. The second-order valence-corrected chi connectivity index (χ2v) is 16.1. The second kappa shape index (κ2) is 23.9. The van der Waals surface area contributed by atoms with E-state index < -0.39 is 11.9 Å². The highest BCUT2D eigenvalue weighted by molar-refractivity contribution is 5.98. The molecule has 0 amide bonds. The Morgan fingerprint density at radius 1 is 0.534 bits per heavy atom. The van der Waals surface area contributed by atoms with Crippen molar-refractivity contribution in [2.75, 3.05) is 30.6 Å². The fourth-order valence-electron chi connectivity index (χ4n) is 7.84. The number of nitriles is 1. The van der Waals surface area contributed by atoms with Crippen molar-refractivity contribution in [2.45, 2.75) is 0 Å². The highest BCUT2D eigenvalue weighted by atomic mass is 16.5. The van der Waals surface area contributed by atoms with Gasteiger partial charge in [0.15, 0.2) is 0 Å². The number of esters is 2. The lowest BCUT2D eigenvalue weighted by atomic mass is 10.1. The number of anilines is 6. The van der Waals surface area contributed by atoms with E-state index in [1.165, 1.54) is 20.3 Å². The number of hydrogen-bond acceptors (Lipinski definition) is 10. The van der Waals surface area contributed by atoms with Crippen LogP contribution in [0.4, 0.5) is 34.1 Å². The van der Waals surface area contributed by atoms with Crippen LogP contribution in [-0.2, 0) is 19.1 Å². The molecule has 0 atom stereocenters. The summed E-state index contributed by atoms with van der Waals surface area (Å²) in [6, 6.07) is 74.5. The molecule has 2 heterocycles. The van der Waals surface area contributed by atoms with Gasteiger partial charge < -0.3 is 33.0 Å². The predicted octanol–water partition coefficient (Wildman–Crippen LogP) is 15.1. The number of para-hydroxylation sites is 4. The molecule has 73 heavy (non-hydrogen) atoms. The molecule has 8 aromatic carbocycles. The molecule has 0 fully saturated rings. The summed E-state index contributed by atoms with van der Waals surface area (Å²) in [4.78, 5) is 39.9. The zero-order valence-electron chi connectivity index (χ0n) is 39.8. The molecule has 0 aliphatic heterocycles. The van der Waals surface area contributed by atoms with Crippen LogP contribution in [0.5, 0.6) is 0 Å². The van der Waals surface area contributed by atoms with Crippen LogP contribution in [0.3, 0.4) is 0 Å². The van der Waals surface area contributed by atoms with Gasteiger partial charge in [0, 0.05) is 61.6 Å². The van der Waals surface area contributed by atoms with E-state index >= 15 is 0 Å². The van der Waals surface area contributed by atoms with Crippen molar-refractivity contribution in [3.05, 3.63) is 247 Å². The van der Waals surface area contributed by atoms with Crippen molar-refractivity contribution < 1.29 is 32.7 Å². The maximum absolute atomic E-state index is 11.7. The van der Waals surface area contributed by atoms with Crippen molar-refractivity contribution in [1.29, 1.82) is 5.26 Å². The Balaban J connectivity index is 0.000000174. The van der Waals surface area contributed by atoms with E-state index in [2.05, 4.69) is 109 Å². The lowest BCUT2D eigenvalue weighted by molar-refractivity contribution is -0.138. The highest BCUT2D eigenvalue weighted by Crippen LogP contribution is 2.38. The molecule has 0 unspecified atom stereocenters. The smallest absolute Gasteiger partial charge is 0.386 e. The van der Waals surface area contributed by atoms with Crippen LogP contribution in [0, 0.1) is 17.9 Å². The van der Waals surface area contributed by atoms with Crippen molar-refractivity contribution in [3.63, 3.8) is 0 Å². The Morgan fingerprint density at radius 3 is 1.26 bits per heavy atom. The number of benzene rings is 8. The largest absolute Gasteiger partial charge is 0.465 e. The van der Waals surface area contributed by atoms with E-state index in [-0.39, 0.29) is 12.1 Å². The molecule has 0 spiro atoms. The fourth-order valence-corrected chi connectivity index (χ4v) is 7.84. The number of carbonyl (C=O) groups excluding carboxylic acids is 3. The number of methoxy groups -OCH3 is 2. The number of aldehydes is 1. The van der Waals surface area contributed by atoms with Crippen molar-refractivity contribution in [2.24, 2.45) is 0 Å². The SMILES string of the molecule is COC(=O)C(C#N)=Cc1ccc2cc(-c3ccc(N(c4ccccc4)c4ccccc4)cc3)oc2c1.O=Cc1ccc2cc(-c3ccc(N(c4ccccc4)c4ccccc4)cc3)oc2c1.[C-]#[N+]CC(=O)OC. The molecule has 0 saturated heterocycles. The minimum Gasteiger partial charge on any atom is -0.465 e. The average Bonchev–Trinajstić information content (AvgIpc) is 4.09. The van der Waals surface area contributed by atoms with E-state index in [0.717, 1.165) is 73.8 Å². The Kier molecular flexibility index (Phi) is 16.1. The molecule has 0 N–H and O–H groups in total. The van der Waals surface area contributed by atoms with E-state index in [1.54, 1.807) is 18.2 Å². The zero-order chi connectivity index (χ0) is 50.9. The van der Waals surface area contributed by atoms with Gasteiger partial charge in [-0.3, -0.25) is 4.79 Å². The summed E-state index contributed by atoms with van der Waals surface area (Å²) in [6.45, 7) is 5.99. The monoisotopic (exact) mass is 958 g/mol. The Hall–Kier alpha value is -10.2. The van der Waals surface area contributed by atoms with Gasteiger partial charge in [-0.25, -0.2) is 16.2 Å². The first kappa shape index (κ1) is 49.2. The Bertz CT molecular complexity index is 3500. The summed E-state index contributed by atoms with van der Waals surface area (Å²) < 4.78 is 20.9. The summed E-state index contributed by atoms with van der Waals surface area (Å²) in [5.41, 5.74) is 11.0. The summed E-state index contributed by atoms with van der Waals surface area (Å²) in [7, 11) is 2.51. The minimum atomic E-state index is -0.669. The number of rotatable bonds is 12. The van der Waals surface area contributed by atoms with Gasteiger partial charge in [0.1, 0.15) is 40.6 Å². The van der Waals surface area contributed by atoms with Crippen molar-refractivity contribution >= 4 is 80.4 Å². The quantitative estimate of drug-likeness (QED) is 0.0383. The normalized spacial score (nSPS) is 10.6. The van der Waals surface area contributed by atoms with Gasteiger partial charge in [-0.05, 0) is 133 Å². The van der Waals surface area contributed by atoms with Crippen LogP contribution >= 0.6 is 0 Å². The lowest BCUT2D eigenvalue weighted by Gasteiger charge is -2.25. The molecule has 0 bridgehead atoms. The molecule has 11 nitrogen and oxygen atoms in total. The maximum Gasteiger partial charge on any atom is 0.386 e. The minimum absolute atomic E-state index is 0.0689. The summed E-state index contributed by atoms with van der Waals surface area (Å²) in [5, 5.41) is 11.1. The number of furan rings is 2. The highest BCUT2D eigenvalue weighted by Gasteiger charge is 2.16. The zero-order valence-corrected chi connectivity index (χ0v) is 39.8. The summed E-state index contributed by atoms with van der Waals surface area (Å²) in [6.07, 6.45) is 2.32. The molecule has 11 heteroatoms. The third-order valence-electron chi connectivity index (χ3n) is 11.4. The number of nitrogens with zero attached hydrogens (tertiary/aromatic N) is 4. The molecule has 2 aromatic heterocycles. The number of hydrogen-bond donors (Lipinski definition) is 0. The third-order valence-corrected chi connectivity index (χ3v) is 11.4. The summed E-state index contributed by atoms with van der Waals surface area (Å²) >= 11 is 0. The summed E-state index contributed by atoms with van der Waals surface area (Å²) in [5.74, 6) is 0.371. The van der Waals surface area contributed by atoms with Crippen LogP contribution in [0.25, 0.3) is 55.5 Å². The van der Waals surface area contributed by atoms with Crippen molar-refractivity contribution in [3.8, 4) is 28.7 Å². The van der Waals surface area contributed by atoms with Crippen LogP contribution in [-0.4, -0.2) is 39.0 Å². The van der Waals surface area contributed by atoms with Crippen LogP contribution in [0.1, 0.15) is 15.9 Å². The number of ether oxygens (including phenoxy) is 2. The first-order valence-electron chi connectivity index (χ1n) is 22.9. The first-order chi connectivity index (χ1) is 35.8. The molecule has 356 valence electrons. The topological polar surface area (TPSA) is 131 Å². The molecular weight excluding hydrogens is 913 g/mol. The molecular formula is C62H46N4O7. The van der Waals surface area contributed by atoms with Gasteiger partial charge in [-0.15, -0.1) is 0 Å². The molecule has 10 aromatic rings. The maximum atomic E-state index is 11.7. The first-order valence-corrected chi connectivity index (χ1v) is 22.9. The van der Waals surface area contributed by atoms with E-state index in [4.69, 9.17) is 15.4 Å². The predicted molar refractivity (Wildman–Crippen MR) is 287 cm³/mol. The van der Waals surface area contributed by atoms with Gasteiger partial charge in [-0.2, -0.15) is 5.26 Å². The third kappa shape index (κ3) is 12.1. The van der Waals surface area contributed by atoms with E-state index in [1.807, 2.05) is 121 Å². The van der Waals surface area contributed by atoms with Gasteiger partial charge >= 0.3 is 18.5 Å². The molecule has 0 radical (unpaired) electrons. The fraction of sp³-hybridized carbons (Fsp3) is 0.0484.